The topological polar surface area (TPSA) is 26.3 Å². The molecule has 0 aliphatic carbocycles. The smallest absolute Gasteiger partial charge is 0.169 e. The molecular weight excluding hydrogens is 224 g/mol. The Morgan fingerprint density at radius 1 is 1.00 bits per heavy atom. The van der Waals surface area contributed by atoms with Gasteiger partial charge >= 0.3 is 0 Å². The van der Waals surface area contributed by atoms with Gasteiger partial charge < -0.3 is 4.74 Å². The van der Waals surface area contributed by atoms with E-state index in [1.54, 1.807) is 0 Å². The number of hydrogen-bond acceptors (Lipinski definition) is 2. The molecule has 0 radical (unpaired) electrons. The first-order valence-corrected chi connectivity index (χ1v) is 6.14. The van der Waals surface area contributed by atoms with E-state index in [9.17, 15) is 4.79 Å². The minimum atomic E-state index is -0.0673. The van der Waals surface area contributed by atoms with Crippen LogP contribution in [0.2, 0.25) is 0 Å². The van der Waals surface area contributed by atoms with Gasteiger partial charge in [-0.15, -0.1) is 0 Å². The number of ether oxygens (including phenoxy) is 1. The zero-order chi connectivity index (χ0) is 12.4. The van der Waals surface area contributed by atoms with Crippen LogP contribution < -0.4 is 4.74 Å². The van der Waals surface area contributed by atoms with Crippen molar-refractivity contribution in [3.05, 3.63) is 65.7 Å². The average Bonchev–Trinajstić information content (AvgIpc) is 2.47. The van der Waals surface area contributed by atoms with Crippen molar-refractivity contribution in [2.75, 3.05) is 6.61 Å². The molecule has 0 N–H and O–H groups in total. The first-order chi connectivity index (χ1) is 8.84. The Bertz CT molecular complexity index is 560. The lowest BCUT2D eigenvalue weighted by Crippen LogP contribution is -2.28. The van der Waals surface area contributed by atoms with Gasteiger partial charge in [-0.25, -0.2) is 0 Å². The number of hydrogen-bond donors (Lipinski definition) is 0. The predicted molar refractivity (Wildman–Crippen MR) is 69.9 cm³/mol. The standard InChI is InChI=1S/C16H14O2/c17-16(12-6-2-1-3-7-12)14-10-13-8-4-5-9-15(13)18-11-14/h1-9,14H,10-11H2. The van der Waals surface area contributed by atoms with Gasteiger partial charge in [-0.1, -0.05) is 48.5 Å². The third-order valence-corrected chi connectivity index (χ3v) is 3.31. The molecule has 1 unspecified atom stereocenters. The van der Waals surface area contributed by atoms with E-state index in [-0.39, 0.29) is 11.7 Å². The summed E-state index contributed by atoms with van der Waals surface area (Å²) in [7, 11) is 0. The molecule has 90 valence electrons. The average molecular weight is 238 g/mol. The molecule has 1 aliphatic rings. The molecule has 1 heterocycles. The molecule has 0 saturated heterocycles. The van der Waals surface area contributed by atoms with Crippen LogP contribution in [0.15, 0.2) is 54.6 Å². The third-order valence-electron chi connectivity index (χ3n) is 3.31. The van der Waals surface area contributed by atoms with Crippen molar-refractivity contribution >= 4 is 5.78 Å². The SMILES string of the molecule is O=C(c1ccccc1)C1COc2ccccc2C1. The normalized spacial score (nSPS) is 17.7. The fraction of sp³-hybridized carbons (Fsp3) is 0.188. The fourth-order valence-electron chi connectivity index (χ4n) is 2.33. The van der Waals surface area contributed by atoms with Crippen molar-refractivity contribution < 1.29 is 9.53 Å². The fourth-order valence-corrected chi connectivity index (χ4v) is 2.33. The summed E-state index contributed by atoms with van der Waals surface area (Å²) in [5, 5.41) is 0. The molecule has 3 rings (SSSR count). The third kappa shape index (κ3) is 2.02. The summed E-state index contributed by atoms with van der Waals surface area (Å²) >= 11 is 0. The van der Waals surface area contributed by atoms with E-state index in [4.69, 9.17) is 4.74 Å². The minimum absolute atomic E-state index is 0.0673. The second kappa shape index (κ2) is 4.65. The molecule has 0 bridgehead atoms. The molecule has 2 aromatic carbocycles. The van der Waals surface area contributed by atoms with Gasteiger partial charge in [0.25, 0.3) is 0 Å². The molecule has 1 atom stereocenters. The van der Waals surface area contributed by atoms with E-state index in [1.807, 2.05) is 54.6 Å². The van der Waals surface area contributed by atoms with Gasteiger partial charge in [0, 0.05) is 5.56 Å². The van der Waals surface area contributed by atoms with Gasteiger partial charge in [0.15, 0.2) is 5.78 Å². The summed E-state index contributed by atoms with van der Waals surface area (Å²) in [5.41, 5.74) is 1.89. The highest BCUT2D eigenvalue weighted by molar-refractivity contribution is 5.98. The van der Waals surface area contributed by atoms with E-state index in [1.165, 1.54) is 0 Å². The summed E-state index contributed by atoms with van der Waals surface area (Å²) in [6, 6.07) is 17.4. The predicted octanol–water partition coefficient (Wildman–Crippen LogP) is 3.12. The Labute approximate surface area is 106 Å². The number of benzene rings is 2. The first-order valence-electron chi connectivity index (χ1n) is 6.14. The largest absolute Gasteiger partial charge is 0.493 e. The summed E-state index contributed by atoms with van der Waals surface area (Å²) in [6.07, 6.45) is 0.768. The van der Waals surface area contributed by atoms with E-state index >= 15 is 0 Å². The highest BCUT2D eigenvalue weighted by atomic mass is 16.5. The molecule has 2 heteroatoms. The first kappa shape index (κ1) is 11.0. The number of ketones is 1. The van der Waals surface area contributed by atoms with Crippen LogP contribution in [0.4, 0.5) is 0 Å². The van der Waals surface area contributed by atoms with Crippen LogP contribution in [0.3, 0.4) is 0 Å². The van der Waals surface area contributed by atoms with E-state index < -0.39 is 0 Å². The van der Waals surface area contributed by atoms with Gasteiger partial charge in [-0.2, -0.15) is 0 Å². The number of rotatable bonds is 2. The van der Waals surface area contributed by atoms with Crippen LogP contribution in [0.25, 0.3) is 0 Å². The van der Waals surface area contributed by atoms with Crippen LogP contribution in [0.5, 0.6) is 5.75 Å². The number of fused-ring (bicyclic) bond motifs is 1. The van der Waals surface area contributed by atoms with Gasteiger partial charge in [-0.3, -0.25) is 4.79 Å². The lowest BCUT2D eigenvalue weighted by molar-refractivity contribution is 0.0855. The Balaban J connectivity index is 1.82. The zero-order valence-corrected chi connectivity index (χ0v) is 10.0. The van der Waals surface area contributed by atoms with Crippen molar-refractivity contribution in [2.45, 2.75) is 6.42 Å². The maximum absolute atomic E-state index is 12.3. The highest BCUT2D eigenvalue weighted by Crippen LogP contribution is 2.28. The molecule has 0 saturated carbocycles. The van der Waals surface area contributed by atoms with Gasteiger partial charge in [-0.05, 0) is 18.1 Å². The van der Waals surface area contributed by atoms with Crippen molar-refractivity contribution in [3.63, 3.8) is 0 Å². The number of carbonyl (C=O) groups excluding carboxylic acids is 1. The maximum atomic E-state index is 12.3. The van der Waals surface area contributed by atoms with Crippen LogP contribution in [0, 0.1) is 5.92 Å². The number of Topliss-reactive ketones (excluding diaryl/α,β-unsaturated/α-hetero) is 1. The number of para-hydroxylation sites is 1. The van der Waals surface area contributed by atoms with Crippen molar-refractivity contribution in [1.29, 1.82) is 0 Å². The van der Waals surface area contributed by atoms with E-state index in [0.717, 1.165) is 23.3 Å². The Morgan fingerprint density at radius 2 is 1.72 bits per heavy atom. The highest BCUT2D eigenvalue weighted by Gasteiger charge is 2.26. The summed E-state index contributed by atoms with van der Waals surface area (Å²) in [4.78, 5) is 12.3. The lowest BCUT2D eigenvalue weighted by Gasteiger charge is -2.24. The summed E-state index contributed by atoms with van der Waals surface area (Å²) in [6.45, 7) is 0.477. The van der Waals surface area contributed by atoms with Gasteiger partial charge in [0.05, 0.1) is 12.5 Å². The molecule has 2 aromatic rings. The summed E-state index contributed by atoms with van der Waals surface area (Å²) < 4.78 is 5.66. The Morgan fingerprint density at radius 3 is 2.56 bits per heavy atom. The maximum Gasteiger partial charge on any atom is 0.169 e. The number of carbonyl (C=O) groups is 1. The molecule has 0 aromatic heterocycles. The van der Waals surface area contributed by atoms with Crippen LogP contribution in [0.1, 0.15) is 15.9 Å². The van der Waals surface area contributed by atoms with Crippen LogP contribution >= 0.6 is 0 Å². The van der Waals surface area contributed by atoms with Gasteiger partial charge in [0.1, 0.15) is 5.75 Å². The second-order valence-corrected chi connectivity index (χ2v) is 4.55. The van der Waals surface area contributed by atoms with Crippen molar-refractivity contribution in [2.24, 2.45) is 5.92 Å². The van der Waals surface area contributed by atoms with Crippen molar-refractivity contribution in [1.82, 2.24) is 0 Å². The van der Waals surface area contributed by atoms with E-state index in [2.05, 4.69) is 0 Å². The lowest BCUT2D eigenvalue weighted by atomic mass is 9.90. The second-order valence-electron chi connectivity index (χ2n) is 4.55. The van der Waals surface area contributed by atoms with Crippen LogP contribution in [-0.2, 0) is 6.42 Å². The summed E-state index contributed by atoms with van der Waals surface area (Å²) in [5.74, 6) is 1.02. The minimum Gasteiger partial charge on any atom is -0.493 e. The molecular formula is C16H14O2. The molecule has 0 spiro atoms. The van der Waals surface area contributed by atoms with Crippen LogP contribution in [-0.4, -0.2) is 12.4 Å². The monoisotopic (exact) mass is 238 g/mol. The Hall–Kier alpha value is -2.09. The molecule has 0 fully saturated rings. The van der Waals surface area contributed by atoms with Gasteiger partial charge in [0.2, 0.25) is 0 Å². The zero-order valence-electron chi connectivity index (χ0n) is 10.0. The molecule has 2 nitrogen and oxygen atoms in total. The Kier molecular flexibility index (Phi) is 2.85. The molecule has 0 amide bonds. The quantitative estimate of drug-likeness (QED) is 0.751. The molecule has 1 aliphatic heterocycles. The van der Waals surface area contributed by atoms with Crippen molar-refractivity contribution in [3.8, 4) is 5.75 Å². The molecule has 18 heavy (non-hydrogen) atoms. The van der Waals surface area contributed by atoms with E-state index in [0.29, 0.717) is 6.61 Å².